The predicted octanol–water partition coefficient (Wildman–Crippen LogP) is 2.56. The molecule has 0 amide bonds. The molecule has 5 heteroatoms. The first kappa shape index (κ1) is 14.1. The minimum absolute atomic E-state index is 0.218. The van der Waals surface area contributed by atoms with E-state index < -0.39 is 6.43 Å². The summed E-state index contributed by atoms with van der Waals surface area (Å²) in [4.78, 5) is 1.55. The van der Waals surface area contributed by atoms with Gasteiger partial charge in [-0.25, -0.2) is 8.78 Å². The van der Waals surface area contributed by atoms with Crippen LogP contribution in [0.25, 0.3) is 0 Å². The van der Waals surface area contributed by atoms with Crippen LogP contribution in [-0.4, -0.2) is 31.0 Å². The van der Waals surface area contributed by atoms with E-state index in [1.807, 2.05) is 19.9 Å². The third kappa shape index (κ3) is 3.78. The van der Waals surface area contributed by atoms with Gasteiger partial charge in [0, 0.05) is 6.04 Å². The third-order valence-corrected chi connectivity index (χ3v) is 2.83. The van der Waals surface area contributed by atoms with Crippen molar-refractivity contribution >= 4 is 0 Å². The summed E-state index contributed by atoms with van der Waals surface area (Å²) in [6, 6.07) is 3.10. The monoisotopic (exact) mass is 246 g/mol. The van der Waals surface area contributed by atoms with Gasteiger partial charge in [-0.15, -0.1) is 0 Å². The van der Waals surface area contributed by atoms with Crippen molar-refractivity contribution in [3.8, 4) is 0 Å². The van der Waals surface area contributed by atoms with Crippen molar-refractivity contribution in [2.75, 3.05) is 13.6 Å². The Morgan fingerprint density at radius 2 is 2.06 bits per heavy atom. The number of likely N-dealkylation sites (N-methyl/N-ethyl adjacent to an activating group) is 1. The van der Waals surface area contributed by atoms with Crippen LogP contribution in [0.4, 0.5) is 8.78 Å². The fraction of sp³-hybridized carbons (Fsp3) is 0.667. The number of hydrogen-bond acceptors (Lipinski definition) is 3. The zero-order chi connectivity index (χ0) is 13.0. The average molecular weight is 246 g/mol. The normalized spacial score (nSPS) is 15.5. The molecule has 0 saturated carbocycles. The van der Waals surface area contributed by atoms with Crippen LogP contribution >= 0.6 is 0 Å². The summed E-state index contributed by atoms with van der Waals surface area (Å²) in [7, 11) is 1.64. The van der Waals surface area contributed by atoms with E-state index >= 15 is 0 Å². The van der Waals surface area contributed by atoms with Crippen LogP contribution in [0.1, 0.15) is 30.9 Å². The molecule has 0 fully saturated rings. The summed E-state index contributed by atoms with van der Waals surface area (Å²) in [5, 5.41) is 0. The zero-order valence-electron chi connectivity index (χ0n) is 10.5. The Kier molecular flexibility index (Phi) is 5.08. The highest BCUT2D eigenvalue weighted by molar-refractivity contribution is 5.12. The van der Waals surface area contributed by atoms with E-state index in [9.17, 15) is 8.78 Å². The smallest absolute Gasteiger partial charge is 0.251 e. The second-order valence-corrected chi connectivity index (χ2v) is 4.30. The fourth-order valence-corrected chi connectivity index (χ4v) is 1.92. The largest absolute Gasteiger partial charge is 0.465 e. The molecule has 17 heavy (non-hydrogen) atoms. The Balaban J connectivity index is 2.87. The van der Waals surface area contributed by atoms with Gasteiger partial charge in [0.15, 0.2) is 0 Å². The quantitative estimate of drug-likeness (QED) is 0.838. The molecule has 3 nitrogen and oxygen atoms in total. The van der Waals surface area contributed by atoms with Crippen molar-refractivity contribution in [2.45, 2.75) is 38.8 Å². The zero-order valence-corrected chi connectivity index (χ0v) is 10.5. The molecule has 1 aromatic heterocycles. The van der Waals surface area contributed by atoms with Crippen LogP contribution in [0.2, 0.25) is 0 Å². The van der Waals surface area contributed by atoms with Gasteiger partial charge in [0.05, 0.1) is 12.6 Å². The molecule has 0 bridgehead atoms. The van der Waals surface area contributed by atoms with Gasteiger partial charge in [-0.1, -0.05) is 6.92 Å². The van der Waals surface area contributed by atoms with Gasteiger partial charge in [-0.2, -0.15) is 0 Å². The molecule has 0 aliphatic rings. The van der Waals surface area contributed by atoms with Crippen molar-refractivity contribution in [2.24, 2.45) is 5.73 Å². The summed E-state index contributed by atoms with van der Waals surface area (Å²) in [6.07, 6.45) is -1.67. The van der Waals surface area contributed by atoms with E-state index in [4.69, 9.17) is 10.2 Å². The lowest BCUT2D eigenvalue weighted by Gasteiger charge is -2.30. The molecule has 0 saturated heterocycles. The minimum Gasteiger partial charge on any atom is -0.465 e. The van der Waals surface area contributed by atoms with Crippen molar-refractivity contribution in [1.82, 2.24) is 4.90 Å². The van der Waals surface area contributed by atoms with Crippen LogP contribution in [0.15, 0.2) is 16.5 Å². The second-order valence-electron chi connectivity index (χ2n) is 4.30. The first-order chi connectivity index (χ1) is 7.95. The number of alkyl halides is 2. The van der Waals surface area contributed by atoms with Gasteiger partial charge in [0.25, 0.3) is 6.43 Å². The SMILES string of the molecule is CCC(N)C(c1ccc(C)o1)N(C)CC(F)F. The number of hydrogen-bond donors (Lipinski definition) is 1. The Hall–Kier alpha value is -0.940. The van der Waals surface area contributed by atoms with Crippen molar-refractivity contribution in [3.63, 3.8) is 0 Å². The van der Waals surface area contributed by atoms with Gasteiger partial charge in [0.1, 0.15) is 11.5 Å². The lowest BCUT2D eigenvalue weighted by Crippen LogP contribution is -2.40. The first-order valence-corrected chi connectivity index (χ1v) is 5.76. The van der Waals surface area contributed by atoms with Gasteiger partial charge >= 0.3 is 0 Å². The van der Waals surface area contributed by atoms with E-state index in [-0.39, 0.29) is 18.6 Å². The van der Waals surface area contributed by atoms with Crippen LogP contribution in [0.5, 0.6) is 0 Å². The second kappa shape index (κ2) is 6.12. The van der Waals surface area contributed by atoms with E-state index in [0.717, 1.165) is 5.76 Å². The highest BCUT2D eigenvalue weighted by atomic mass is 19.3. The molecule has 1 rings (SSSR count). The summed E-state index contributed by atoms with van der Waals surface area (Å²) in [5.41, 5.74) is 5.99. The maximum absolute atomic E-state index is 12.4. The molecule has 0 radical (unpaired) electrons. The first-order valence-electron chi connectivity index (χ1n) is 5.76. The number of rotatable bonds is 6. The fourth-order valence-electron chi connectivity index (χ4n) is 1.92. The highest BCUT2D eigenvalue weighted by Gasteiger charge is 2.27. The molecule has 0 spiro atoms. The summed E-state index contributed by atoms with van der Waals surface area (Å²) in [6.45, 7) is 3.45. The molecular formula is C12H20F2N2O. The predicted molar refractivity (Wildman–Crippen MR) is 63.1 cm³/mol. The van der Waals surface area contributed by atoms with Gasteiger partial charge in [0.2, 0.25) is 0 Å². The number of furan rings is 1. The van der Waals surface area contributed by atoms with Crippen LogP contribution in [0, 0.1) is 6.92 Å². The molecule has 0 aliphatic carbocycles. The molecule has 0 aliphatic heterocycles. The molecular weight excluding hydrogens is 226 g/mol. The standard InChI is InChI=1S/C12H20F2N2O/c1-4-9(15)12(16(3)7-11(13)14)10-6-5-8(2)17-10/h5-6,9,11-12H,4,7,15H2,1-3H3. The molecule has 1 aromatic rings. The Bertz CT molecular complexity index is 341. The molecule has 0 aromatic carbocycles. The number of nitrogens with zero attached hydrogens (tertiary/aromatic N) is 1. The van der Waals surface area contributed by atoms with E-state index in [2.05, 4.69) is 0 Å². The van der Waals surface area contributed by atoms with E-state index in [0.29, 0.717) is 12.2 Å². The maximum atomic E-state index is 12.4. The summed E-state index contributed by atoms with van der Waals surface area (Å²) < 4.78 is 30.3. The summed E-state index contributed by atoms with van der Waals surface area (Å²) in [5.74, 6) is 1.42. The van der Waals surface area contributed by atoms with Crippen LogP contribution < -0.4 is 5.73 Å². The molecule has 2 unspecified atom stereocenters. The lowest BCUT2D eigenvalue weighted by molar-refractivity contribution is 0.0671. The molecule has 98 valence electrons. The Morgan fingerprint density at radius 1 is 1.41 bits per heavy atom. The third-order valence-electron chi connectivity index (χ3n) is 2.83. The van der Waals surface area contributed by atoms with Crippen molar-refractivity contribution in [3.05, 3.63) is 23.7 Å². The number of aryl methyl sites for hydroxylation is 1. The molecule has 1 heterocycles. The maximum Gasteiger partial charge on any atom is 0.251 e. The number of halogens is 2. The highest BCUT2D eigenvalue weighted by Crippen LogP contribution is 2.26. The topological polar surface area (TPSA) is 42.4 Å². The molecule has 2 atom stereocenters. The van der Waals surface area contributed by atoms with Gasteiger partial charge in [-0.3, -0.25) is 4.90 Å². The van der Waals surface area contributed by atoms with E-state index in [1.54, 1.807) is 18.0 Å². The minimum atomic E-state index is -2.37. The van der Waals surface area contributed by atoms with Crippen LogP contribution in [-0.2, 0) is 0 Å². The Morgan fingerprint density at radius 3 is 2.47 bits per heavy atom. The summed E-state index contributed by atoms with van der Waals surface area (Å²) >= 11 is 0. The van der Waals surface area contributed by atoms with E-state index in [1.165, 1.54) is 0 Å². The average Bonchev–Trinajstić information content (AvgIpc) is 2.63. The Labute approximate surface area is 101 Å². The van der Waals surface area contributed by atoms with Crippen LogP contribution in [0.3, 0.4) is 0 Å². The number of nitrogens with two attached hydrogens (primary N) is 1. The van der Waals surface area contributed by atoms with Gasteiger partial charge in [-0.05, 0) is 32.5 Å². The van der Waals surface area contributed by atoms with Crippen molar-refractivity contribution in [1.29, 1.82) is 0 Å². The molecule has 2 N–H and O–H groups in total. The van der Waals surface area contributed by atoms with Gasteiger partial charge < -0.3 is 10.2 Å². The lowest BCUT2D eigenvalue weighted by atomic mass is 10.0. The van der Waals surface area contributed by atoms with Crippen molar-refractivity contribution < 1.29 is 13.2 Å².